The van der Waals surface area contributed by atoms with E-state index in [1.165, 1.54) is 25.6 Å². The molecule has 0 aliphatic heterocycles. The van der Waals surface area contributed by atoms with Crippen LogP contribution in [0.4, 0.5) is 0 Å². The predicted octanol–water partition coefficient (Wildman–Crippen LogP) is 10.8. The van der Waals surface area contributed by atoms with E-state index < -0.39 is 0 Å². The van der Waals surface area contributed by atoms with Crippen molar-refractivity contribution in [2.75, 3.05) is 0 Å². The Balaban J connectivity index is 1.19. The number of nitrogens with two attached hydrogens (primary N) is 1. The second-order valence-electron chi connectivity index (χ2n) is 11.8. The highest BCUT2D eigenvalue weighted by Crippen LogP contribution is 2.43. The van der Waals surface area contributed by atoms with Crippen LogP contribution in [0.5, 0.6) is 0 Å². The summed E-state index contributed by atoms with van der Waals surface area (Å²) >= 11 is 1.81. The molecule has 8 aromatic rings. The van der Waals surface area contributed by atoms with Crippen LogP contribution in [0.15, 0.2) is 168 Å². The third-order valence-corrected chi connectivity index (χ3v) is 9.90. The van der Waals surface area contributed by atoms with Gasteiger partial charge in [-0.3, -0.25) is 4.99 Å². The van der Waals surface area contributed by atoms with Crippen LogP contribution in [0, 0.1) is 0 Å². The highest BCUT2D eigenvalue weighted by molar-refractivity contribution is 7.26. The Morgan fingerprint density at radius 2 is 1.29 bits per heavy atom. The largest absolute Gasteiger partial charge is 0.383 e. The summed E-state index contributed by atoms with van der Waals surface area (Å²) in [7, 11) is 0. The predicted molar refractivity (Wildman–Crippen MR) is 204 cm³/mol. The van der Waals surface area contributed by atoms with Gasteiger partial charge in [0, 0.05) is 37.5 Å². The first-order valence-electron chi connectivity index (χ1n) is 16.1. The smallest absolute Gasteiger partial charge is 0.157 e. The quantitative estimate of drug-likeness (QED) is 0.146. The van der Waals surface area contributed by atoms with Gasteiger partial charge in [-0.05, 0) is 41.8 Å². The Morgan fingerprint density at radius 3 is 2.08 bits per heavy atom. The van der Waals surface area contributed by atoms with Gasteiger partial charge in [0.15, 0.2) is 5.84 Å². The zero-order valence-electron chi connectivity index (χ0n) is 26.4. The first-order valence-corrected chi connectivity index (χ1v) is 16.9. The SMILES string of the molecule is CC(N=C(N=C(N)c1ccccc1)c1ccc(-c2cccc(-c3nc4ccccc4c4c3sc3ccccc34)c2)cc1)c1ccccc1. The maximum Gasteiger partial charge on any atom is 0.157 e. The summed E-state index contributed by atoms with van der Waals surface area (Å²) in [6.45, 7) is 2.08. The molecule has 6 aromatic carbocycles. The number of pyridine rings is 1. The van der Waals surface area contributed by atoms with E-state index in [1.807, 2.05) is 59.9 Å². The molecule has 0 saturated heterocycles. The minimum absolute atomic E-state index is 0.0925. The zero-order valence-corrected chi connectivity index (χ0v) is 27.2. The Kier molecular flexibility index (Phi) is 7.81. The third kappa shape index (κ3) is 5.65. The molecule has 0 saturated carbocycles. The topological polar surface area (TPSA) is 63.6 Å². The van der Waals surface area contributed by atoms with E-state index in [0.717, 1.165) is 44.6 Å². The third-order valence-electron chi connectivity index (χ3n) is 8.72. The van der Waals surface area contributed by atoms with Crippen molar-refractivity contribution in [1.29, 1.82) is 0 Å². The summed E-state index contributed by atoms with van der Waals surface area (Å²) in [6.07, 6.45) is 0. The van der Waals surface area contributed by atoms with E-state index in [4.69, 9.17) is 20.7 Å². The lowest BCUT2D eigenvalue weighted by Gasteiger charge is -2.12. The Morgan fingerprint density at radius 1 is 0.625 bits per heavy atom. The monoisotopic (exact) mass is 636 g/mol. The van der Waals surface area contributed by atoms with Crippen molar-refractivity contribution >= 4 is 54.1 Å². The number of thiophene rings is 1. The molecule has 2 heterocycles. The molecule has 0 radical (unpaired) electrons. The zero-order chi connectivity index (χ0) is 32.5. The second-order valence-corrected chi connectivity index (χ2v) is 12.9. The van der Waals surface area contributed by atoms with Gasteiger partial charge in [-0.2, -0.15) is 0 Å². The molecule has 230 valence electrons. The average molecular weight is 637 g/mol. The van der Waals surface area contributed by atoms with Crippen molar-refractivity contribution < 1.29 is 0 Å². The fourth-order valence-corrected chi connectivity index (χ4v) is 7.46. The van der Waals surface area contributed by atoms with Crippen molar-refractivity contribution in [3.05, 3.63) is 174 Å². The summed E-state index contributed by atoms with van der Waals surface area (Å²) in [4.78, 5) is 15.1. The average Bonchev–Trinajstić information content (AvgIpc) is 3.55. The van der Waals surface area contributed by atoms with Gasteiger partial charge in [0.1, 0.15) is 5.84 Å². The molecule has 0 aliphatic carbocycles. The molecule has 48 heavy (non-hydrogen) atoms. The van der Waals surface area contributed by atoms with Crippen molar-refractivity contribution in [3.8, 4) is 22.4 Å². The number of hydrogen-bond acceptors (Lipinski definition) is 3. The van der Waals surface area contributed by atoms with Gasteiger partial charge in [0.05, 0.1) is 22.0 Å². The number of rotatable bonds is 6. The fourth-order valence-electron chi connectivity index (χ4n) is 6.23. The molecule has 0 amide bonds. The number of hydrogen-bond donors (Lipinski definition) is 1. The highest BCUT2D eigenvalue weighted by atomic mass is 32.1. The summed E-state index contributed by atoms with van der Waals surface area (Å²) in [5.41, 5.74) is 14.7. The molecule has 1 unspecified atom stereocenters. The van der Waals surface area contributed by atoms with Crippen LogP contribution in [0.3, 0.4) is 0 Å². The van der Waals surface area contributed by atoms with E-state index in [9.17, 15) is 0 Å². The van der Waals surface area contributed by atoms with Gasteiger partial charge < -0.3 is 5.73 Å². The number of aromatic nitrogens is 1. The Labute approximate surface area is 283 Å². The molecule has 4 nitrogen and oxygen atoms in total. The van der Waals surface area contributed by atoms with Crippen molar-refractivity contribution in [1.82, 2.24) is 4.98 Å². The van der Waals surface area contributed by atoms with Crippen molar-refractivity contribution in [2.24, 2.45) is 15.7 Å². The molecule has 5 heteroatoms. The lowest BCUT2D eigenvalue weighted by atomic mass is 9.98. The van der Waals surface area contributed by atoms with E-state index >= 15 is 0 Å². The summed E-state index contributed by atoms with van der Waals surface area (Å²) < 4.78 is 2.48. The van der Waals surface area contributed by atoms with Crippen LogP contribution < -0.4 is 5.73 Å². The molecule has 0 aliphatic rings. The normalized spacial score (nSPS) is 12.9. The number of nitrogens with zero attached hydrogens (tertiary/aromatic N) is 3. The number of fused-ring (bicyclic) bond motifs is 5. The molecule has 8 rings (SSSR count). The second kappa shape index (κ2) is 12.7. The van der Waals surface area contributed by atoms with E-state index in [1.54, 1.807) is 0 Å². The van der Waals surface area contributed by atoms with Crippen molar-refractivity contribution in [3.63, 3.8) is 0 Å². The Hall–Kier alpha value is -5.91. The van der Waals surface area contributed by atoms with Gasteiger partial charge in [-0.25, -0.2) is 9.98 Å². The Bertz CT molecular complexity index is 2460. The van der Waals surface area contributed by atoms with E-state index in [-0.39, 0.29) is 6.04 Å². The molecule has 0 fully saturated rings. The van der Waals surface area contributed by atoms with Gasteiger partial charge in [0.2, 0.25) is 0 Å². The van der Waals surface area contributed by atoms with Crippen molar-refractivity contribution in [2.45, 2.75) is 13.0 Å². The van der Waals surface area contributed by atoms with Gasteiger partial charge >= 0.3 is 0 Å². The number of para-hydroxylation sites is 1. The van der Waals surface area contributed by atoms with Crippen LogP contribution in [0.1, 0.15) is 29.7 Å². The van der Waals surface area contributed by atoms with Crippen LogP contribution in [0.2, 0.25) is 0 Å². The highest BCUT2D eigenvalue weighted by Gasteiger charge is 2.16. The summed E-state index contributed by atoms with van der Waals surface area (Å²) in [6, 6.07) is 54.2. The van der Waals surface area contributed by atoms with E-state index in [0.29, 0.717) is 11.7 Å². The fraction of sp³-hybridized carbons (Fsp3) is 0.0465. The molecule has 1 atom stereocenters. The maximum absolute atomic E-state index is 6.50. The minimum Gasteiger partial charge on any atom is -0.383 e. The minimum atomic E-state index is -0.0925. The number of amidine groups is 2. The molecule has 2 aromatic heterocycles. The van der Waals surface area contributed by atoms with E-state index in [2.05, 4.69) is 116 Å². The number of benzene rings is 6. The first-order chi connectivity index (χ1) is 23.6. The molecule has 2 N–H and O–H groups in total. The van der Waals surface area contributed by atoms with Crippen LogP contribution in [0.25, 0.3) is 53.5 Å². The van der Waals surface area contributed by atoms with Gasteiger partial charge in [0.25, 0.3) is 0 Å². The lowest BCUT2D eigenvalue weighted by Crippen LogP contribution is -2.16. The molecule has 0 bridgehead atoms. The molecular weight excluding hydrogens is 605 g/mol. The van der Waals surface area contributed by atoms with Crippen LogP contribution >= 0.6 is 11.3 Å². The standard InChI is InChI=1S/C43H32N4S/c1-28(29-13-4-2-5-14-29)45-43(47-42(44)31-15-6-3-7-16-31)32-25-23-30(24-26-32)33-17-12-18-34(27-33)40-41-39(35-19-8-10-21-37(35)46-40)36-20-9-11-22-38(36)48-41/h2-28H,1H3,(H2,44,45,47). The first kappa shape index (κ1) is 29.5. The molecule has 0 spiro atoms. The van der Waals surface area contributed by atoms with Crippen LogP contribution in [-0.4, -0.2) is 16.7 Å². The summed E-state index contributed by atoms with van der Waals surface area (Å²) in [5.74, 6) is 1.03. The lowest BCUT2D eigenvalue weighted by molar-refractivity contribution is 0.818. The maximum atomic E-state index is 6.50. The van der Waals surface area contributed by atoms with Gasteiger partial charge in [-0.1, -0.05) is 140 Å². The van der Waals surface area contributed by atoms with Gasteiger partial charge in [-0.15, -0.1) is 11.3 Å². The van der Waals surface area contributed by atoms with Crippen LogP contribution in [-0.2, 0) is 0 Å². The summed E-state index contributed by atoms with van der Waals surface area (Å²) in [5, 5.41) is 3.74. The molecular formula is C43H32N4S. The number of aliphatic imine (C=N–C) groups is 2.